The highest BCUT2D eigenvalue weighted by molar-refractivity contribution is 5.82. The zero-order valence-electron chi connectivity index (χ0n) is 11.1. The van der Waals surface area contributed by atoms with Gasteiger partial charge in [0.1, 0.15) is 0 Å². The second-order valence-electron chi connectivity index (χ2n) is 4.96. The van der Waals surface area contributed by atoms with Crippen molar-refractivity contribution in [1.82, 2.24) is 4.98 Å². The molecule has 0 saturated carbocycles. The highest BCUT2D eigenvalue weighted by Crippen LogP contribution is 2.24. The van der Waals surface area contributed by atoms with Gasteiger partial charge in [0.15, 0.2) is 0 Å². The molecule has 2 N–H and O–H groups in total. The van der Waals surface area contributed by atoms with Crippen molar-refractivity contribution in [3.8, 4) is 11.3 Å². The number of aromatic nitrogens is 1. The second-order valence-corrected chi connectivity index (χ2v) is 4.96. The number of pyridine rings is 1. The Morgan fingerprint density at radius 2 is 1.74 bits per heavy atom. The number of fused-ring (bicyclic) bond motifs is 1. The molecule has 3 aromatic rings. The molecule has 2 aromatic carbocycles. The van der Waals surface area contributed by atoms with Crippen molar-refractivity contribution < 1.29 is 0 Å². The summed E-state index contributed by atoms with van der Waals surface area (Å²) in [6, 6.07) is 16.5. The van der Waals surface area contributed by atoms with E-state index in [0.29, 0.717) is 0 Å². The smallest absolute Gasteiger partial charge is 0.0709 e. The zero-order chi connectivity index (χ0) is 13.4. The van der Waals surface area contributed by atoms with E-state index in [-0.39, 0.29) is 0 Å². The summed E-state index contributed by atoms with van der Waals surface area (Å²) in [5.74, 6) is 0. The van der Waals surface area contributed by atoms with Crippen molar-refractivity contribution in [3.63, 3.8) is 0 Å². The van der Waals surface area contributed by atoms with Crippen LogP contribution in [0.25, 0.3) is 22.2 Å². The van der Waals surface area contributed by atoms with E-state index >= 15 is 0 Å². The molecule has 0 unspecified atom stereocenters. The first-order valence-corrected chi connectivity index (χ1v) is 6.37. The Morgan fingerprint density at radius 1 is 0.895 bits per heavy atom. The molecule has 94 valence electrons. The molecule has 0 spiro atoms. The predicted molar refractivity (Wildman–Crippen MR) is 81.1 cm³/mol. The van der Waals surface area contributed by atoms with Gasteiger partial charge in [0.25, 0.3) is 0 Å². The normalized spacial score (nSPS) is 10.8. The molecule has 0 saturated heterocycles. The third-order valence-corrected chi connectivity index (χ3v) is 3.41. The molecule has 1 aromatic heterocycles. The Hall–Kier alpha value is -2.35. The van der Waals surface area contributed by atoms with E-state index in [2.05, 4.69) is 43.3 Å². The average Bonchev–Trinajstić information content (AvgIpc) is 2.41. The van der Waals surface area contributed by atoms with Crippen LogP contribution in [0.4, 0.5) is 5.69 Å². The predicted octanol–water partition coefficient (Wildman–Crippen LogP) is 4.10. The van der Waals surface area contributed by atoms with Gasteiger partial charge in [-0.3, -0.25) is 0 Å². The average molecular weight is 248 g/mol. The zero-order valence-corrected chi connectivity index (χ0v) is 11.1. The SMILES string of the molecule is Cc1ccc2nc(-c3ccc(N)c(C)c3)ccc2c1. The van der Waals surface area contributed by atoms with Crippen molar-refractivity contribution in [3.05, 3.63) is 59.7 Å². The Morgan fingerprint density at radius 3 is 2.53 bits per heavy atom. The van der Waals surface area contributed by atoms with Crippen LogP contribution in [0.5, 0.6) is 0 Å². The molecule has 0 amide bonds. The molecule has 3 rings (SSSR count). The van der Waals surface area contributed by atoms with E-state index in [1.165, 1.54) is 10.9 Å². The van der Waals surface area contributed by atoms with Gasteiger partial charge in [0, 0.05) is 16.6 Å². The van der Waals surface area contributed by atoms with Crippen molar-refractivity contribution in [2.45, 2.75) is 13.8 Å². The van der Waals surface area contributed by atoms with Gasteiger partial charge in [-0.2, -0.15) is 0 Å². The molecule has 0 atom stereocenters. The lowest BCUT2D eigenvalue weighted by atomic mass is 10.1. The van der Waals surface area contributed by atoms with Crippen LogP contribution in [0.2, 0.25) is 0 Å². The van der Waals surface area contributed by atoms with E-state index in [0.717, 1.165) is 28.0 Å². The highest BCUT2D eigenvalue weighted by Gasteiger charge is 2.03. The van der Waals surface area contributed by atoms with Gasteiger partial charge in [-0.05, 0) is 49.7 Å². The summed E-state index contributed by atoms with van der Waals surface area (Å²) in [4.78, 5) is 4.72. The van der Waals surface area contributed by atoms with E-state index in [4.69, 9.17) is 10.7 Å². The highest BCUT2D eigenvalue weighted by atomic mass is 14.7. The van der Waals surface area contributed by atoms with Crippen LogP contribution in [-0.4, -0.2) is 4.98 Å². The summed E-state index contributed by atoms with van der Waals surface area (Å²) in [6.07, 6.45) is 0. The summed E-state index contributed by atoms with van der Waals surface area (Å²) in [7, 11) is 0. The van der Waals surface area contributed by atoms with Crippen molar-refractivity contribution in [2.24, 2.45) is 0 Å². The van der Waals surface area contributed by atoms with E-state index in [1.54, 1.807) is 0 Å². The fourth-order valence-corrected chi connectivity index (χ4v) is 2.24. The minimum absolute atomic E-state index is 0.820. The monoisotopic (exact) mass is 248 g/mol. The Labute approximate surface area is 112 Å². The summed E-state index contributed by atoms with van der Waals surface area (Å²) < 4.78 is 0. The minimum atomic E-state index is 0.820. The van der Waals surface area contributed by atoms with Crippen LogP contribution in [0, 0.1) is 13.8 Å². The molecule has 0 aliphatic rings. The van der Waals surface area contributed by atoms with E-state index < -0.39 is 0 Å². The number of hydrogen-bond acceptors (Lipinski definition) is 2. The van der Waals surface area contributed by atoms with Crippen LogP contribution >= 0.6 is 0 Å². The molecule has 0 fully saturated rings. The fraction of sp³-hybridized carbons (Fsp3) is 0.118. The minimum Gasteiger partial charge on any atom is -0.399 e. The largest absolute Gasteiger partial charge is 0.399 e. The second kappa shape index (κ2) is 4.39. The summed E-state index contributed by atoms with van der Waals surface area (Å²) in [5.41, 5.74) is 12.1. The number of hydrogen-bond donors (Lipinski definition) is 1. The number of nitrogen functional groups attached to an aromatic ring is 1. The lowest BCUT2D eigenvalue weighted by molar-refractivity contribution is 1.37. The van der Waals surface area contributed by atoms with Gasteiger partial charge >= 0.3 is 0 Å². The van der Waals surface area contributed by atoms with Gasteiger partial charge in [-0.25, -0.2) is 4.98 Å². The molecular weight excluding hydrogens is 232 g/mol. The van der Waals surface area contributed by atoms with Gasteiger partial charge in [0.2, 0.25) is 0 Å². The standard InChI is InChI=1S/C17H16N2/c1-11-3-7-16-13(9-11)5-8-17(19-16)14-4-6-15(18)12(2)10-14/h3-10H,18H2,1-2H3. The molecule has 0 aliphatic carbocycles. The summed E-state index contributed by atoms with van der Waals surface area (Å²) in [5, 5.41) is 1.18. The van der Waals surface area contributed by atoms with Crippen LogP contribution in [0.15, 0.2) is 48.5 Å². The molecule has 0 aliphatic heterocycles. The lowest BCUT2D eigenvalue weighted by Crippen LogP contribution is -1.91. The van der Waals surface area contributed by atoms with Crippen molar-refractivity contribution >= 4 is 16.6 Å². The van der Waals surface area contributed by atoms with Crippen LogP contribution in [0.3, 0.4) is 0 Å². The molecular formula is C17H16N2. The number of nitrogens with zero attached hydrogens (tertiary/aromatic N) is 1. The molecule has 0 bridgehead atoms. The number of anilines is 1. The molecule has 19 heavy (non-hydrogen) atoms. The first-order valence-electron chi connectivity index (χ1n) is 6.37. The summed E-state index contributed by atoms with van der Waals surface area (Å²) in [6.45, 7) is 4.11. The van der Waals surface area contributed by atoms with Crippen LogP contribution in [0.1, 0.15) is 11.1 Å². The first kappa shape index (κ1) is 11.7. The van der Waals surface area contributed by atoms with Crippen LogP contribution < -0.4 is 5.73 Å². The maximum Gasteiger partial charge on any atom is 0.0709 e. The number of benzene rings is 2. The topological polar surface area (TPSA) is 38.9 Å². The van der Waals surface area contributed by atoms with Gasteiger partial charge < -0.3 is 5.73 Å². The van der Waals surface area contributed by atoms with Gasteiger partial charge in [0.05, 0.1) is 11.2 Å². The number of nitrogens with two attached hydrogens (primary N) is 1. The Balaban J connectivity index is 2.14. The number of aryl methyl sites for hydroxylation is 2. The van der Waals surface area contributed by atoms with E-state index in [1.807, 2.05) is 19.1 Å². The number of rotatable bonds is 1. The van der Waals surface area contributed by atoms with Crippen molar-refractivity contribution in [2.75, 3.05) is 5.73 Å². The fourth-order valence-electron chi connectivity index (χ4n) is 2.24. The van der Waals surface area contributed by atoms with Crippen LogP contribution in [-0.2, 0) is 0 Å². The quantitative estimate of drug-likeness (QED) is 0.658. The molecule has 2 nitrogen and oxygen atoms in total. The summed E-state index contributed by atoms with van der Waals surface area (Å²) >= 11 is 0. The molecule has 2 heteroatoms. The molecule has 1 heterocycles. The van der Waals surface area contributed by atoms with Crippen molar-refractivity contribution in [1.29, 1.82) is 0 Å². The Bertz CT molecular complexity index is 760. The van der Waals surface area contributed by atoms with E-state index in [9.17, 15) is 0 Å². The maximum atomic E-state index is 5.85. The molecule has 0 radical (unpaired) electrons. The van der Waals surface area contributed by atoms with Gasteiger partial charge in [-0.1, -0.05) is 23.8 Å². The van der Waals surface area contributed by atoms with Gasteiger partial charge in [-0.15, -0.1) is 0 Å². The maximum absolute atomic E-state index is 5.85. The third kappa shape index (κ3) is 2.17. The third-order valence-electron chi connectivity index (χ3n) is 3.41. The Kier molecular flexibility index (Phi) is 2.71. The first-order chi connectivity index (χ1) is 9.13. The lowest BCUT2D eigenvalue weighted by Gasteiger charge is -2.06.